The third-order valence-corrected chi connectivity index (χ3v) is 3.40. The summed E-state index contributed by atoms with van der Waals surface area (Å²) in [4.78, 5) is 15.7. The van der Waals surface area contributed by atoms with Crippen molar-refractivity contribution in [1.29, 1.82) is 0 Å². The van der Waals surface area contributed by atoms with Crippen molar-refractivity contribution in [2.75, 3.05) is 32.1 Å². The van der Waals surface area contributed by atoms with Crippen LogP contribution >= 0.6 is 0 Å². The Hall–Kier alpha value is -2.05. The van der Waals surface area contributed by atoms with E-state index >= 15 is 0 Å². The highest BCUT2D eigenvalue weighted by molar-refractivity contribution is 5.68. The number of amides is 1. The Bertz CT molecular complexity index is 525. The van der Waals surface area contributed by atoms with Crippen molar-refractivity contribution in [3.63, 3.8) is 0 Å². The molecule has 1 amide bonds. The molecule has 0 spiro atoms. The third-order valence-electron chi connectivity index (χ3n) is 3.40. The monoisotopic (exact) mass is 322 g/mol. The predicted molar refractivity (Wildman–Crippen MR) is 87.8 cm³/mol. The lowest BCUT2D eigenvalue weighted by Gasteiger charge is -2.33. The van der Waals surface area contributed by atoms with Gasteiger partial charge < -0.3 is 19.3 Å². The van der Waals surface area contributed by atoms with E-state index in [1.54, 1.807) is 11.0 Å². The Balaban J connectivity index is 1.92. The molecule has 23 heavy (non-hydrogen) atoms. The van der Waals surface area contributed by atoms with Gasteiger partial charge in [0.15, 0.2) is 5.82 Å². The highest BCUT2D eigenvalue weighted by Crippen LogP contribution is 2.19. The zero-order chi connectivity index (χ0) is 17.0. The number of anilines is 1. The van der Waals surface area contributed by atoms with Gasteiger partial charge >= 0.3 is 6.09 Å². The van der Waals surface area contributed by atoms with Crippen LogP contribution in [0.15, 0.2) is 12.1 Å². The zero-order valence-corrected chi connectivity index (χ0v) is 14.6. The predicted octanol–water partition coefficient (Wildman–Crippen LogP) is 2.32. The van der Waals surface area contributed by atoms with Gasteiger partial charge in [-0.15, -0.1) is 10.2 Å². The van der Waals surface area contributed by atoms with Crippen LogP contribution in [0.25, 0.3) is 0 Å². The van der Waals surface area contributed by atoms with Gasteiger partial charge in [-0.3, -0.25) is 0 Å². The first-order valence-electron chi connectivity index (χ1n) is 7.90. The smallest absolute Gasteiger partial charge is 0.410 e. The maximum absolute atomic E-state index is 12.1. The summed E-state index contributed by atoms with van der Waals surface area (Å²) in [6.07, 6.45) is 1.39. The van der Waals surface area contributed by atoms with Crippen LogP contribution in [0.3, 0.4) is 0 Å². The minimum absolute atomic E-state index is 0.0872. The fraction of sp³-hybridized carbons (Fsp3) is 0.688. The van der Waals surface area contributed by atoms with Crippen molar-refractivity contribution in [1.82, 2.24) is 15.1 Å². The van der Waals surface area contributed by atoms with Crippen molar-refractivity contribution < 1.29 is 14.3 Å². The molecule has 1 unspecified atom stereocenters. The number of likely N-dealkylation sites (tertiary alicyclic amines) is 1. The topological polar surface area (TPSA) is 67.8 Å². The summed E-state index contributed by atoms with van der Waals surface area (Å²) < 4.78 is 11.3. The fourth-order valence-corrected chi connectivity index (χ4v) is 2.31. The van der Waals surface area contributed by atoms with E-state index in [2.05, 4.69) is 10.2 Å². The molecule has 0 radical (unpaired) electrons. The van der Waals surface area contributed by atoms with Crippen molar-refractivity contribution in [3.05, 3.63) is 12.1 Å². The number of rotatable bonds is 3. The van der Waals surface area contributed by atoms with E-state index in [9.17, 15) is 4.79 Å². The molecule has 1 aromatic heterocycles. The normalized spacial score (nSPS) is 18.5. The summed E-state index contributed by atoms with van der Waals surface area (Å²) in [5.41, 5.74) is -0.488. The minimum Gasteiger partial charge on any atom is -0.471 e. The number of hydrogen-bond acceptors (Lipinski definition) is 6. The van der Waals surface area contributed by atoms with Crippen LogP contribution in [0.2, 0.25) is 0 Å². The molecule has 0 aromatic carbocycles. The molecular formula is C16H26N4O3. The quantitative estimate of drug-likeness (QED) is 0.851. The molecule has 0 bridgehead atoms. The van der Waals surface area contributed by atoms with E-state index < -0.39 is 5.60 Å². The lowest BCUT2D eigenvalue weighted by molar-refractivity contribution is 0.00712. The van der Waals surface area contributed by atoms with E-state index in [-0.39, 0.29) is 12.2 Å². The molecule has 1 aromatic rings. The van der Waals surface area contributed by atoms with Crippen molar-refractivity contribution in [2.24, 2.45) is 0 Å². The molecular weight excluding hydrogens is 296 g/mol. The van der Waals surface area contributed by atoms with Gasteiger partial charge in [-0.2, -0.15) is 0 Å². The second kappa shape index (κ2) is 7.02. The Morgan fingerprint density at radius 1 is 1.30 bits per heavy atom. The first-order chi connectivity index (χ1) is 10.7. The number of carbonyl (C=O) groups excluding carboxylic acids is 1. The van der Waals surface area contributed by atoms with Crippen molar-refractivity contribution >= 4 is 11.9 Å². The molecule has 1 fully saturated rings. The number of piperidine rings is 1. The summed E-state index contributed by atoms with van der Waals surface area (Å²) in [5, 5.41) is 8.17. The van der Waals surface area contributed by atoms with E-state index in [4.69, 9.17) is 9.47 Å². The van der Waals surface area contributed by atoms with Crippen LogP contribution in [0, 0.1) is 0 Å². The van der Waals surface area contributed by atoms with Crippen LogP contribution in [-0.2, 0) is 4.74 Å². The summed E-state index contributed by atoms with van der Waals surface area (Å²) in [6, 6.07) is 3.66. The SMILES string of the molecule is CN(C)c1ccc(OC2CCCN(C(=O)OC(C)(C)C)C2)nn1. The summed E-state index contributed by atoms with van der Waals surface area (Å²) >= 11 is 0. The van der Waals surface area contributed by atoms with Gasteiger partial charge in [0.25, 0.3) is 0 Å². The highest BCUT2D eigenvalue weighted by Gasteiger charge is 2.28. The molecule has 1 aliphatic heterocycles. The Morgan fingerprint density at radius 3 is 2.61 bits per heavy atom. The maximum Gasteiger partial charge on any atom is 0.410 e. The lowest BCUT2D eigenvalue weighted by atomic mass is 10.1. The van der Waals surface area contributed by atoms with Gasteiger partial charge in [-0.05, 0) is 39.7 Å². The molecule has 1 aliphatic rings. The molecule has 0 saturated carbocycles. The second-order valence-electron chi connectivity index (χ2n) is 6.93. The van der Waals surface area contributed by atoms with E-state index in [0.717, 1.165) is 18.7 Å². The standard InChI is InChI=1S/C16H26N4O3/c1-16(2,3)23-15(21)20-10-6-7-12(11-20)22-14-9-8-13(17-18-14)19(4)5/h8-9,12H,6-7,10-11H2,1-5H3. The van der Waals surface area contributed by atoms with Gasteiger partial charge in [0, 0.05) is 26.7 Å². The molecule has 1 atom stereocenters. The largest absolute Gasteiger partial charge is 0.471 e. The summed E-state index contributed by atoms with van der Waals surface area (Å²) in [7, 11) is 3.81. The molecule has 7 nitrogen and oxygen atoms in total. The van der Waals surface area contributed by atoms with Crippen LogP contribution in [0.4, 0.5) is 10.6 Å². The number of ether oxygens (including phenoxy) is 2. The first-order valence-corrected chi connectivity index (χ1v) is 7.90. The van der Waals surface area contributed by atoms with Gasteiger partial charge in [-0.25, -0.2) is 4.79 Å². The maximum atomic E-state index is 12.1. The number of nitrogens with zero attached hydrogens (tertiary/aromatic N) is 4. The van der Waals surface area contributed by atoms with Crippen molar-refractivity contribution in [3.8, 4) is 5.88 Å². The minimum atomic E-state index is -0.488. The summed E-state index contributed by atoms with van der Waals surface area (Å²) in [6.45, 7) is 6.80. The zero-order valence-electron chi connectivity index (χ0n) is 14.6. The van der Waals surface area contributed by atoms with E-state index in [0.29, 0.717) is 19.0 Å². The van der Waals surface area contributed by atoms with Crippen LogP contribution in [0.1, 0.15) is 33.6 Å². The lowest BCUT2D eigenvalue weighted by Crippen LogP contribution is -2.46. The van der Waals surface area contributed by atoms with Gasteiger partial charge in [-0.1, -0.05) is 0 Å². The third kappa shape index (κ3) is 5.26. The Labute approximate surface area is 137 Å². The number of hydrogen-bond donors (Lipinski definition) is 0. The fourth-order valence-electron chi connectivity index (χ4n) is 2.31. The van der Waals surface area contributed by atoms with E-state index in [1.165, 1.54) is 0 Å². The molecule has 7 heteroatoms. The average Bonchev–Trinajstić information content (AvgIpc) is 2.46. The second-order valence-corrected chi connectivity index (χ2v) is 6.93. The van der Waals surface area contributed by atoms with Gasteiger partial charge in [0.05, 0.1) is 6.54 Å². The van der Waals surface area contributed by atoms with Crippen LogP contribution < -0.4 is 9.64 Å². The molecule has 128 valence electrons. The Kier molecular flexibility index (Phi) is 5.28. The average molecular weight is 322 g/mol. The number of aromatic nitrogens is 2. The van der Waals surface area contributed by atoms with Gasteiger partial charge in [0.1, 0.15) is 11.7 Å². The van der Waals surface area contributed by atoms with E-state index in [1.807, 2.05) is 45.8 Å². The molecule has 1 saturated heterocycles. The first kappa shape index (κ1) is 17.3. The van der Waals surface area contributed by atoms with Gasteiger partial charge in [0.2, 0.25) is 5.88 Å². The molecule has 0 aliphatic carbocycles. The van der Waals surface area contributed by atoms with Crippen molar-refractivity contribution in [2.45, 2.75) is 45.3 Å². The number of carbonyl (C=O) groups is 1. The Morgan fingerprint density at radius 2 is 2.04 bits per heavy atom. The van der Waals surface area contributed by atoms with Crippen LogP contribution in [0.5, 0.6) is 5.88 Å². The highest BCUT2D eigenvalue weighted by atomic mass is 16.6. The van der Waals surface area contributed by atoms with Crippen LogP contribution in [-0.4, -0.2) is 60.1 Å². The molecule has 2 heterocycles. The molecule has 0 N–H and O–H groups in total. The summed E-state index contributed by atoms with van der Waals surface area (Å²) in [5.74, 6) is 1.25. The molecule has 2 rings (SSSR count).